The van der Waals surface area contributed by atoms with Crippen LogP contribution in [0.4, 0.5) is 5.95 Å². The highest BCUT2D eigenvalue weighted by atomic mass is 79.9. The fourth-order valence-electron chi connectivity index (χ4n) is 1.84. The number of hydrogen-bond donors (Lipinski definition) is 1. The molecular formula is C12H9BrN4. The molecule has 4 nitrogen and oxygen atoms in total. The van der Waals surface area contributed by atoms with Gasteiger partial charge in [-0.1, -0.05) is 22.0 Å². The molecule has 0 atom stereocenters. The van der Waals surface area contributed by atoms with Gasteiger partial charge in [-0.05, 0) is 24.3 Å². The van der Waals surface area contributed by atoms with Crippen molar-refractivity contribution in [3.63, 3.8) is 0 Å². The van der Waals surface area contributed by atoms with Crippen LogP contribution >= 0.6 is 15.9 Å². The van der Waals surface area contributed by atoms with Gasteiger partial charge in [-0.2, -0.15) is 0 Å². The Hall–Kier alpha value is -1.88. The number of hydrogen-bond acceptors (Lipinski definition) is 3. The van der Waals surface area contributed by atoms with Crippen LogP contribution in [0.5, 0.6) is 0 Å². The largest absolute Gasteiger partial charge is 0.369 e. The Kier molecular flexibility index (Phi) is 2.33. The summed E-state index contributed by atoms with van der Waals surface area (Å²) in [6, 6.07) is 9.83. The molecule has 0 aliphatic rings. The third-order valence-corrected chi connectivity index (χ3v) is 3.04. The predicted molar refractivity (Wildman–Crippen MR) is 71.0 cm³/mol. The Morgan fingerprint density at radius 1 is 1.24 bits per heavy atom. The molecular weight excluding hydrogens is 280 g/mol. The lowest BCUT2D eigenvalue weighted by atomic mass is 10.3. The van der Waals surface area contributed by atoms with Crippen molar-refractivity contribution in [2.75, 3.05) is 5.73 Å². The molecule has 0 amide bonds. The van der Waals surface area contributed by atoms with Gasteiger partial charge in [0.1, 0.15) is 5.52 Å². The summed E-state index contributed by atoms with van der Waals surface area (Å²) >= 11 is 3.45. The average molecular weight is 289 g/mol. The van der Waals surface area contributed by atoms with Crippen LogP contribution in [0.1, 0.15) is 0 Å². The van der Waals surface area contributed by atoms with Gasteiger partial charge in [0.15, 0.2) is 0 Å². The fourth-order valence-corrected chi connectivity index (χ4v) is 2.22. The summed E-state index contributed by atoms with van der Waals surface area (Å²) < 4.78 is 2.91. The minimum absolute atomic E-state index is 0.464. The van der Waals surface area contributed by atoms with Gasteiger partial charge >= 0.3 is 0 Å². The van der Waals surface area contributed by atoms with E-state index in [1.54, 1.807) is 12.4 Å². The normalized spacial score (nSPS) is 10.9. The van der Waals surface area contributed by atoms with E-state index < -0.39 is 0 Å². The van der Waals surface area contributed by atoms with Gasteiger partial charge in [-0.25, -0.2) is 4.98 Å². The first-order valence-corrected chi connectivity index (χ1v) is 5.89. The SMILES string of the molecule is Nc1nc2cnccc2n1-c1cccc(Br)c1. The summed E-state index contributed by atoms with van der Waals surface area (Å²) in [5.74, 6) is 0.464. The average Bonchev–Trinajstić information content (AvgIpc) is 2.64. The van der Waals surface area contributed by atoms with Crippen LogP contribution in [0.25, 0.3) is 16.7 Å². The molecule has 0 unspecified atom stereocenters. The van der Waals surface area contributed by atoms with Gasteiger partial charge < -0.3 is 5.73 Å². The summed E-state index contributed by atoms with van der Waals surface area (Å²) in [6.45, 7) is 0. The minimum Gasteiger partial charge on any atom is -0.369 e. The van der Waals surface area contributed by atoms with Crippen molar-refractivity contribution in [2.24, 2.45) is 0 Å². The van der Waals surface area contributed by atoms with E-state index in [2.05, 4.69) is 25.9 Å². The molecule has 2 N–H and O–H groups in total. The Balaban J connectivity index is 2.33. The zero-order valence-electron chi connectivity index (χ0n) is 8.84. The van der Waals surface area contributed by atoms with Crippen molar-refractivity contribution in [1.82, 2.24) is 14.5 Å². The number of fused-ring (bicyclic) bond motifs is 1. The van der Waals surface area contributed by atoms with Crippen molar-refractivity contribution in [2.45, 2.75) is 0 Å². The van der Waals surface area contributed by atoms with Crippen LogP contribution in [0.15, 0.2) is 47.2 Å². The molecule has 3 aromatic rings. The number of aromatic nitrogens is 3. The van der Waals surface area contributed by atoms with E-state index in [1.807, 2.05) is 34.9 Å². The molecule has 1 aromatic carbocycles. The highest BCUT2D eigenvalue weighted by Crippen LogP contribution is 2.23. The van der Waals surface area contributed by atoms with Crippen molar-refractivity contribution in [1.29, 1.82) is 0 Å². The Morgan fingerprint density at radius 3 is 2.94 bits per heavy atom. The summed E-state index contributed by atoms with van der Waals surface area (Å²) in [4.78, 5) is 8.32. The van der Waals surface area contributed by atoms with E-state index in [0.29, 0.717) is 5.95 Å². The van der Waals surface area contributed by atoms with Crippen LogP contribution in [-0.2, 0) is 0 Å². The van der Waals surface area contributed by atoms with Crippen LogP contribution in [0.2, 0.25) is 0 Å². The quantitative estimate of drug-likeness (QED) is 0.749. The standard InChI is InChI=1S/C12H9BrN4/c13-8-2-1-3-9(6-8)17-11-4-5-15-7-10(11)16-12(17)14/h1-7H,(H2,14,16). The second-order valence-corrected chi connectivity index (χ2v) is 4.57. The zero-order chi connectivity index (χ0) is 11.8. The molecule has 0 saturated carbocycles. The van der Waals surface area contributed by atoms with E-state index >= 15 is 0 Å². The highest BCUT2D eigenvalue weighted by Gasteiger charge is 2.09. The molecule has 0 fully saturated rings. The van der Waals surface area contributed by atoms with Gasteiger partial charge in [-0.3, -0.25) is 9.55 Å². The fraction of sp³-hybridized carbons (Fsp3) is 0. The van der Waals surface area contributed by atoms with Gasteiger partial charge in [0.25, 0.3) is 0 Å². The van der Waals surface area contributed by atoms with Crippen molar-refractivity contribution >= 4 is 32.9 Å². The molecule has 2 heterocycles. The van der Waals surface area contributed by atoms with Gasteiger partial charge in [-0.15, -0.1) is 0 Å². The molecule has 0 bridgehead atoms. The van der Waals surface area contributed by atoms with Crippen LogP contribution in [0, 0.1) is 0 Å². The maximum absolute atomic E-state index is 5.94. The zero-order valence-corrected chi connectivity index (χ0v) is 10.4. The third-order valence-electron chi connectivity index (χ3n) is 2.55. The Labute approximate surface area is 106 Å². The number of rotatable bonds is 1. The second kappa shape index (κ2) is 3.85. The number of nitrogen functional groups attached to an aromatic ring is 1. The summed E-state index contributed by atoms with van der Waals surface area (Å²) in [7, 11) is 0. The van der Waals surface area contributed by atoms with Crippen molar-refractivity contribution < 1.29 is 0 Å². The lowest BCUT2D eigenvalue weighted by Gasteiger charge is -2.06. The molecule has 0 aliphatic carbocycles. The number of nitrogens with two attached hydrogens (primary N) is 1. The van der Waals surface area contributed by atoms with E-state index in [1.165, 1.54) is 0 Å². The topological polar surface area (TPSA) is 56.7 Å². The third kappa shape index (κ3) is 1.68. The summed E-state index contributed by atoms with van der Waals surface area (Å²) in [5.41, 5.74) is 8.67. The Bertz CT molecular complexity index is 690. The molecule has 0 spiro atoms. The molecule has 3 rings (SSSR count). The van der Waals surface area contributed by atoms with E-state index in [0.717, 1.165) is 21.2 Å². The smallest absolute Gasteiger partial charge is 0.205 e. The lowest BCUT2D eigenvalue weighted by molar-refractivity contribution is 1.11. The first-order chi connectivity index (χ1) is 8.25. The van der Waals surface area contributed by atoms with Crippen LogP contribution < -0.4 is 5.73 Å². The van der Waals surface area contributed by atoms with Crippen LogP contribution in [-0.4, -0.2) is 14.5 Å². The molecule has 5 heteroatoms. The first-order valence-electron chi connectivity index (χ1n) is 5.09. The molecule has 0 aliphatic heterocycles. The number of imidazole rings is 1. The van der Waals surface area contributed by atoms with Gasteiger partial charge in [0.2, 0.25) is 5.95 Å². The lowest BCUT2D eigenvalue weighted by Crippen LogP contribution is -2.00. The number of anilines is 1. The molecule has 84 valence electrons. The number of pyridine rings is 1. The second-order valence-electron chi connectivity index (χ2n) is 3.65. The van der Waals surface area contributed by atoms with Crippen molar-refractivity contribution in [3.8, 4) is 5.69 Å². The number of benzene rings is 1. The van der Waals surface area contributed by atoms with E-state index in [9.17, 15) is 0 Å². The van der Waals surface area contributed by atoms with Crippen molar-refractivity contribution in [3.05, 3.63) is 47.2 Å². The van der Waals surface area contributed by atoms with Gasteiger partial charge in [0, 0.05) is 10.7 Å². The molecule has 17 heavy (non-hydrogen) atoms. The number of halogens is 1. The number of nitrogens with zero attached hydrogens (tertiary/aromatic N) is 3. The van der Waals surface area contributed by atoms with Crippen LogP contribution in [0.3, 0.4) is 0 Å². The molecule has 2 aromatic heterocycles. The summed E-state index contributed by atoms with van der Waals surface area (Å²) in [6.07, 6.45) is 3.44. The maximum atomic E-state index is 5.94. The molecule has 0 saturated heterocycles. The van der Waals surface area contributed by atoms with Gasteiger partial charge in [0.05, 0.1) is 17.4 Å². The highest BCUT2D eigenvalue weighted by molar-refractivity contribution is 9.10. The molecule has 0 radical (unpaired) electrons. The maximum Gasteiger partial charge on any atom is 0.205 e. The monoisotopic (exact) mass is 288 g/mol. The predicted octanol–water partition coefficient (Wildman–Crippen LogP) is 2.77. The van der Waals surface area contributed by atoms with E-state index in [-0.39, 0.29) is 0 Å². The van der Waals surface area contributed by atoms with E-state index in [4.69, 9.17) is 5.73 Å². The first kappa shape index (κ1) is 10.3. The summed E-state index contributed by atoms with van der Waals surface area (Å²) in [5, 5.41) is 0. The Morgan fingerprint density at radius 2 is 2.12 bits per heavy atom. The minimum atomic E-state index is 0.464.